The maximum Gasteiger partial charge on any atom is 0.305 e. The van der Waals surface area contributed by atoms with E-state index >= 15 is 0 Å². The molecule has 3 rings (SSSR count). The molecule has 11 heteroatoms. The number of rotatable bonds is 12. The Labute approximate surface area is 210 Å². The molecule has 34 heavy (non-hydrogen) atoms. The number of aryl methyl sites for hydroxylation is 1. The second kappa shape index (κ2) is 12.7. The molecule has 8 nitrogen and oxygen atoms in total. The molecule has 0 radical (unpaired) electrons. The van der Waals surface area contributed by atoms with Crippen molar-refractivity contribution in [3.8, 4) is 5.75 Å². The van der Waals surface area contributed by atoms with E-state index in [-0.39, 0.29) is 28.8 Å². The van der Waals surface area contributed by atoms with Crippen molar-refractivity contribution in [1.82, 2.24) is 15.0 Å². The number of fused-ring (bicyclic) bond motifs is 1. The van der Waals surface area contributed by atoms with Crippen LogP contribution in [-0.4, -0.2) is 49.7 Å². The van der Waals surface area contributed by atoms with Gasteiger partial charge in [0.1, 0.15) is 17.5 Å². The summed E-state index contributed by atoms with van der Waals surface area (Å²) in [5.74, 6) is -0.0700. The van der Waals surface area contributed by atoms with Crippen molar-refractivity contribution in [3.05, 3.63) is 62.8 Å². The van der Waals surface area contributed by atoms with E-state index < -0.39 is 22.4 Å². The first-order valence-corrected chi connectivity index (χ1v) is 13.4. The summed E-state index contributed by atoms with van der Waals surface area (Å²) in [6.07, 6.45) is 0.296. The average Bonchev–Trinajstić information content (AvgIpc) is 3.13. The molecular weight excluding hydrogens is 498 g/mol. The van der Waals surface area contributed by atoms with Crippen molar-refractivity contribution >= 4 is 44.0 Å². The Morgan fingerprint density at radius 2 is 1.91 bits per heavy atom. The van der Waals surface area contributed by atoms with Gasteiger partial charge in [0.25, 0.3) is 0 Å². The second-order valence-electron chi connectivity index (χ2n) is 8.01. The number of benzene rings is 2. The third-order valence-corrected chi connectivity index (χ3v) is 7.88. The number of aromatic nitrogens is 1. The third kappa shape index (κ3) is 7.79. The normalized spacial score (nSPS) is 13.5. The van der Waals surface area contributed by atoms with Crippen LogP contribution in [0.25, 0.3) is 10.2 Å². The smallest absolute Gasteiger partial charge is 0.305 e. The summed E-state index contributed by atoms with van der Waals surface area (Å²) in [6.45, 7) is 6.42. The van der Waals surface area contributed by atoms with E-state index in [4.69, 9.17) is 4.74 Å². The third-order valence-electron chi connectivity index (χ3n) is 5.29. The molecule has 0 bridgehead atoms. The van der Waals surface area contributed by atoms with E-state index in [1.54, 1.807) is 19.9 Å². The van der Waals surface area contributed by atoms with E-state index in [1.807, 2.05) is 37.3 Å². The molecule has 3 aromatic rings. The zero-order chi connectivity index (χ0) is 24.0. The summed E-state index contributed by atoms with van der Waals surface area (Å²) in [5, 5.41) is 13.4. The summed E-state index contributed by atoms with van der Waals surface area (Å²) in [7, 11) is -3.41. The summed E-state index contributed by atoms with van der Waals surface area (Å²) in [4.78, 5) is 14.2. The van der Waals surface area contributed by atoms with Gasteiger partial charge < -0.3 is 14.8 Å². The highest BCUT2D eigenvalue weighted by Crippen LogP contribution is 2.28. The van der Waals surface area contributed by atoms with E-state index in [2.05, 4.69) is 15.0 Å². The zero-order valence-corrected chi connectivity index (χ0v) is 21.9. The number of phenols is 1. The highest BCUT2D eigenvalue weighted by atomic mass is 35.5. The molecular formula is C23H32ClN3O5S2. The number of aromatic hydroxyl groups is 1. The lowest BCUT2D eigenvalue weighted by Gasteiger charge is -2.24. The Bertz CT molecular complexity index is 1240. The van der Waals surface area contributed by atoms with Crippen LogP contribution in [-0.2, 0) is 27.6 Å². The molecule has 1 aromatic heterocycles. The molecule has 0 saturated heterocycles. The highest BCUT2D eigenvalue weighted by Gasteiger charge is 2.20. The molecule has 2 unspecified atom stereocenters. The van der Waals surface area contributed by atoms with Crippen LogP contribution in [0.3, 0.4) is 0 Å². The van der Waals surface area contributed by atoms with Gasteiger partial charge in [0.05, 0.1) is 16.6 Å². The van der Waals surface area contributed by atoms with Crippen LogP contribution in [0.15, 0.2) is 41.2 Å². The maximum absolute atomic E-state index is 12.1. The molecule has 1 heterocycles. The predicted octanol–water partition coefficient (Wildman–Crippen LogP) is 3.07. The van der Waals surface area contributed by atoms with Crippen LogP contribution in [0.5, 0.6) is 5.75 Å². The molecule has 0 fully saturated rings. The molecule has 4 N–H and O–H groups in total. The topological polar surface area (TPSA) is 121 Å². The number of hydrogen-bond acceptors (Lipinski definition) is 7. The SMILES string of the molecule is CCNS(=O)(=O)CC(C)OC(Cc1ccccc1C)NCCc1ccc(O)c2[nH]c(=O)sc12.Cl. The fraction of sp³-hybridized carbons (Fsp3) is 0.435. The Balaban J connectivity index is 0.00000408. The molecule has 0 aliphatic rings. The van der Waals surface area contributed by atoms with Crippen LogP contribution >= 0.6 is 23.7 Å². The number of H-pyrrole nitrogens is 1. The van der Waals surface area contributed by atoms with Gasteiger partial charge in [0.2, 0.25) is 10.0 Å². The number of hydrogen-bond donors (Lipinski definition) is 4. The summed E-state index contributed by atoms with van der Waals surface area (Å²) in [5.41, 5.74) is 3.65. The number of phenolic OH excluding ortho intramolecular Hbond substituents is 1. The second-order valence-corrected chi connectivity index (χ2v) is 10.8. The van der Waals surface area contributed by atoms with Gasteiger partial charge in [-0.1, -0.05) is 48.6 Å². The Morgan fingerprint density at radius 1 is 1.18 bits per heavy atom. The lowest BCUT2D eigenvalue weighted by atomic mass is 10.0. The number of ether oxygens (including phenoxy) is 1. The van der Waals surface area contributed by atoms with Crippen molar-refractivity contribution < 1.29 is 18.3 Å². The van der Waals surface area contributed by atoms with Gasteiger partial charge in [-0.05, 0) is 43.0 Å². The van der Waals surface area contributed by atoms with E-state index in [0.29, 0.717) is 31.4 Å². The van der Waals surface area contributed by atoms with Crippen LogP contribution in [0.2, 0.25) is 0 Å². The number of halogens is 1. The lowest BCUT2D eigenvalue weighted by molar-refractivity contribution is -0.00957. The predicted molar refractivity (Wildman–Crippen MR) is 140 cm³/mol. The van der Waals surface area contributed by atoms with Gasteiger partial charge >= 0.3 is 4.87 Å². The van der Waals surface area contributed by atoms with Crippen molar-refractivity contribution in [2.75, 3.05) is 18.8 Å². The van der Waals surface area contributed by atoms with Gasteiger partial charge in [-0.15, -0.1) is 12.4 Å². The quantitative estimate of drug-likeness (QED) is 0.268. The van der Waals surface area contributed by atoms with Crippen molar-refractivity contribution in [2.24, 2.45) is 0 Å². The Hall–Kier alpha value is -1.95. The Kier molecular flexibility index (Phi) is 10.5. The summed E-state index contributed by atoms with van der Waals surface area (Å²) >= 11 is 1.07. The molecule has 2 aromatic carbocycles. The van der Waals surface area contributed by atoms with Crippen molar-refractivity contribution in [2.45, 2.75) is 45.9 Å². The van der Waals surface area contributed by atoms with Gasteiger partial charge in [-0.2, -0.15) is 0 Å². The first-order valence-electron chi connectivity index (χ1n) is 10.9. The van der Waals surface area contributed by atoms with Crippen molar-refractivity contribution in [1.29, 1.82) is 0 Å². The summed E-state index contributed by atoms with van der Waals surface area (Å²) in [6, 6.07) is 11.4. The fourth-order valence-electron chi connectivity index (χ4n) is 3.75. The Morgan fingerprint density at radius 3 is 2.62 bits per heavy atom. The van der Waals surface area contributed by atoms with Gasteiger partial charge in [-0.3, -0.25) is 10.1 Å². The molecule has 0 aliphatic heterocycles. The molecule has 0 spiro atoms. The number of nitrogens with one attached hydrogen (secondary N) is 3. The number of aromatic amines is 1. The van der Waals surface area contributed by atoms with Crippen LogP contribution in [0.1, 0.15) is 30.5 Å². The minimum Gasteiger partial charge on any atom is -0.506 e. The molecule has 0 saturated carbocycles. The monoisotopic (exact) mass is 529 g/mol. The highest BCUT2D eigenvalue weighted by molar-refractivity contribution is 7.89. The first-order chi connectivity index (χ1) is 15.7. The average molecular weight is 530 g/mol. The molecule has 188 valence electrons. The molecule has 0 aliphatic carbocycles. The number of thiazole rings is 1. The standard InChI is InChI=1S/C23H31N3O5S2.ClH/c1-4-25-33(29,30)14-16(3)31-20(13-18-8-6-5-7-15(18)2)24-12-11-17-9-10-19(27)21-22(17)32-23(28)26-21;/h5-10,16,20,24-25,27H,4,11-14H2,1-3H3,(H,26,28);1H. The van der Waals surface area contributed by atoms with E-state index in [0.717, 1.165) is 32.7 Å². The van der Waals surface area contributed by atoms with Crippen LogP contribution in [0.4, 0.5) is 0 Å². The lowest BCUT2D eigenvalue weighted by Crippen LogP contribution is -2.41. The van der Waals surface area contributed by atoms with Crippen LogP contribution < -0.4 is 14.9 Å². The van der Waals surface area contributed by atoms with Gasteiger partial charge in [0, 0.05) is 19.5 Å². The van der Waals surface area contributed by atoms with Crippen molar-refractivity contribution in [3.63, 3.8) is 0 Å². The fourth-order valence-corrected chi connectivity index (χ4v) is 5.90. The van der Waals surface area contributed by atoms with E-state index in [1.165, 1.54) is 0 Å². The minimum absolute atomic E-state index is 0. The zero-order valence-electron chi connectivity index (χ0n) is 19.5. The van der Waals surface area contributed by atoms with Gasteiger partial charge in [-0.25, -0.2) is 13.1 Å². The largest absolute Gasteiger partial charge is 0.506 e. The summed E-state index contributed by atoms with van der Waals surface area (Å²) < 4.78 is 33.6. The van der Waals surface area contributed by atoms with Gasteiger partial charge in [0.15, 0.2) is 0 Å². The number of sulfonamides is 1. The first kappa shape index (κ1) is 28.3. The maximum atomic E-state index is 12.1. The molecule has 0 amide bonds. The van der Waals surface area contributed by atoms with Crippen LogP contribution in [0, 0.1) is 6.92 Å². The molecule has 2 atom stereocenters. The minimum atomic E-state index is -3.41. The van der Waals surface area contributed by atoms with E-state index in [9.17, 15) is 18.3 Å².